The summed E-state index contributed by atoms with van der Waals surface area (Å²) >= 11 is 0. The largest absolute Gasteiger partial charge is 0.351 e. The van der Waals surface area contributed by atoms with Crippen molar-refractivity contribution in [3.63, 3.8) is 0 Å². The Bertz CT molecular complexity index is 986. The molecule has 0 saturated heterocycles. The third-order valence-electron chi connectivity index (χ3n) is 4.15. The maximum Gasteiger partial charge on any atom is 0.0484 e. The average molecular weight is 377 g/mol. The van der Waals surface area contributed by atoms with Gasteiger partial charge < -0.3 is 9.13 Å². The molecule has 0 bridgehead atoms. The van der Waals surface area contributed by atoms with Crippen molar-refractivity contribution in [2.75, 3.05) is 0 Å². The second kappa shape index (κ2) is 11.9. The zero-order chi connectivity index (χ0) is 21.1. The van der Waals surface area contributed by atoms with Gasteiger partial charge >= 0.3 is 0 Å². The van der Waals surface area contributed by atoms with Crippen LogP contribution < -0.4 is 0 Å². The summed E-state index contributed by atoms with van der Waals surface area (Å²) in [6.45, 7) is 14.3. The van der Waals surface area contributed by atoms with Gasteiger partial charge in [-0.3, -0.25) is 0 Å². The van der Waals surface area contributed by atoms with Gasteiger partial charge in [-0.05, 0) is 36.1 Å². The molecule has 2 nitrogen and oxygen atoms in total. The Hall–Kier alpha value is -2.74. The van der Waals surface area contributed by atoms with Crippen LogP contribution in [-0.4, -0.2) is 9.13 Å². The molecule has 0 N–H and O–H groups in total. The highest BCUT2D eigenvalue weighted by Gasteiger charge is 2.04. The van der Waals surface area contributed by atoms with Crippen molar-refractivity contribution < 1.29 is 0 Å². The highest BCUT2D eigenvalue weighted by atomic mass is 14.9. The van der Waals surface area contributed by atoms with Gasteiger partial charge in [-0.2, -0.15) is 0 Å². The van der Waals surface area contributed by atoms with E-state index in [4.69, 9.17) is 0 Å². The minimum absolute atomic E-state index is 1.12. The molecule has 28 heavy (non-hydrogen) atoms. The molecule has 2 aromatic heterocycles. The summed E-state index contributed by atoms with van der Waals surface area (Å²) in [5.74, 6) is 0. The molecule has 0 fully saturated rings. The third kappa shape index (κ3) is 5.88. The molecule has 0 aliphatic rings. The van der Waals surface area contributed by atoms with Gasteiger partial charge in [-0.15, -0.1) is 0 Å². The predicted octanol–water partition coefficient (Wildman–Crippen LogP) is 7.83. The van der Waals surface area contributed by atoms with Gasteiger partial charge in [0.25, 0.3) is 0 Å². The minimum atomic E-state index is 1.12. The lowest BCUT2D eigenvalue weighted by atomic mass is 10.1. The van der Waals surface area contributed by atoms with Gasteiger partial charge in [-0.25, -0.2) is 0 Å². The molecule has 0 aliphatic heterocycles. The molecule has 2 heteroatoms. The molecule has 0 spiro atoms. The highest BCUT2D eigenvalue weighted by molar-refractivity contribution is 5.92. The van der Waals surface area contributed by atoms with Crippen LogP contribution in [0.5, 0.6) is 0 Å². The number of allylic oxidation sites excluding steroid dienone is 1. The number of nitrogens with zero attached hydrogens (tertiary/aromatic N) is 2. The summed E-state index contributed by atoms with van der Waals surface area (Å²) in [7, 11) is 4.12. The standard InChI is InChI=1S/C12H13N.C9H9N.C3H8.C2H6/c1-9(2)11-8-13(3)12-7-5-4-6-10(11)12;1-10-7-6-8-4-2-3-5-9(8)10;1-3-2;1-2/h4-8H,1H2,2-3H3;2-7H,1H3;3H2,1-2H3;1-2H3. The Kier molecular flexibility index (Phi) is 9.87. The molecule has 4 aromatic rings. The van der Waals surface area contributed by atoms with E-state index in [1.54, 1.807) is 0 Å². The van der Waals surface area contributed by atoms with E-state index in [-0.39, 0.29) is 0 Å². The van der Waals surface area contributed by atoms with E-state index in [9.17, 15) is 0 Å². The van der Waals surface area contributed by atoms with Gasteiger partial charge in [0.1, 0.15) is 0 Å². The first-order valence-electron chi connectivity index (χ1n) is 10.2. The van der Waals surface area contributed by atoms with Crippen molar-refractivity contribution in [1.29, 1.82) is 0 Å². The predicted molar refractivity (Wildman–Crippen MR) is 128 cm³/mol. The molecular weight excluding hydrogens is 340 g/mol. The van der Waals surface area contributed by atoms with Crippen LogP contribution in [0.1, 0.15) is 46.6 Å². The lowest BCUT2D eigenvalue weighted by molar-refractivity contribution is 0.967. The summed E-state index contributed by atoms with van der Waals surface area (Å²) in [5.41, 5.74) is 4.93. The lowest BCUT2D eigenvalue weighted by Crippen LogP contribution is -1.81. The fourth-order valence-electron chi connectivity index (χ4n) is 2.90. The quantitative estimate of drug-likeness (QED) is 0.320. The van der Waals surface area contributed by atoms with E-state index < -0.39 is 0 Å². The summed E-state index contributed by atoms with van der Waals surface area (Å²) in [4.78, 5) is 0. The Morgan fingerprint density at radius 2 is 1.36 bits per heavy atom. The molecule has 0 atom stereocenters. The van der Waals surface area contributed by atoms with E-state index >= 15 is 0 Å². The topological polar surface area (TPSA) is 9.86 Å². The second-order valence-corrected chi connectivity index (χ2v) is 6.64. The number of benzene rings is 2. The van der Waals surface area contributed by atoms with Crippen molar-refractivity contribution in [1.82, 2.24) is 9.13 Å². The van der Waals surface area contributed by atoms with Crippen LogP contribution in [0.3, 0.4) is 0 Å². The van der Waals surface area contributed by atoms with Crippen LogP contribution in [-0.2, 0) is 14.1 Å². The molecule has 0 saturated carbocycles. The first-order valence-corrected chi connectivity index (χ1v) is 10.2. The fraction of sp³-hybridized carbons (Fsp3) is 0.308. The summed E-state index contributed by atoms with van der Waals surface area (Å²) in [6, 6.07) is 18.9. The van der Waals surface area contributed by atoms with Crippen LogP contribution in [0.4, 0.5) is 0 Å². The molecule has 2 heterocycles. The van der Waals surface area contributed by atoms with Crippen molar-refractivity contribution in [3.05, 3.63) is 79.1 Å². The molecular formula is C26H36N2. The van der Waals surface area contributed by atoms with Crippen molar-refractivity contribution in [3.8, 4) is 0 Å². The lowest BCUT2D eigenvalue weighted by Gasteiger charge is -1.94. The second-order valence-electron chi connectivity index (χ2n) is 6.64. The van der Waals surface area contributed by atoms with Gasteiger partial charge in [-0.1, -0.05) is 77.1 Å². The van der Waals surface area contributed by atoms with Crippen LogP contribution >= 0.6 is 0 Å². The number of aryl methyl sites for hydroxylation is 2. The minimum Gasteiger partial charge on any atom is -0.351 e. The fourth-order valence-corrected chi connectivity index (χ4v) is 2.90. The smallest absolute Gasteiger partial charge is 0.0484 e. The van der Waals surface area contributed by atoms with Crippen LogP contribution in [0, 0.1) is 0 Å². The normalized spacial score (nSPS) is 9.54. The number of hydrogen-bond donors (Lipinski definition) is 0. The first kappa shape index (κ1) is 23.3. The zero-order valence-corrected chi connectivity index (χ0v) is 18.7. The zero-order valence-electron chi connectivity index (χ0n) is 18.7. The summed E-state index contributed by atoms with van der Waals surface area (Å²) in [6.07, 6.45) is 5.46. The molecule has 4 rings (SSSR count). The van der Waals surface area contributed by atoms with Crippen LogP contribution in [0.25, 0.3) is 27.4 Å². The highest BCUT2D eigenvalue weighted by Crippen LogP contribution is 2.24. The average Bonchev–Trinajstić information content (AvgIpc) is 3.26. The van der Waals surface area contributed by atoms with E-state index in [0.29, 0.717) is 0 Å². The summed E-state index contributed by atoms with van der Waals surface area (Å²) in [5, 5.41) is 2.60. The number of para-hydroxylation sites is 2. The Balaban J connectivity index is 0.000000233. The monoisotopic (exact) mass is 376 g/mol. The van der Waals surface area contributed by atoms with E-state index in [0.717, 1.165) is 5.57 Å². The molecule has 0 radical (unpaired) electrons. The first-order chi connectivity index (χ1) is 13.5. The Morgan fingerprint density at radius 1 is 0.821 bits per heavy atom. The molecule has 0 amide bonds. The number of fused-ring (bicyclic) bond motifs is 2. The van der Waals surface area contributed by atoms with E-state index in [2.05, 4.69) is 111 Å². The summed E-state index contributed by atoms with van der Waals surface area (Å²) < 4.78 is 4.26. The van der Waals surface area contributed by atoms with Crippen molar-refractivity contribution in [2.45, 2.75) is 41.0 Å². The maximum atomic E-state index is 3.98. The molecule has 0 aliphatic carbocycles. The molecule has 0 unspecified atom stereocenters. The Labute approximate surface area is 171 Å². The molecule has 150 valence electrons. The number of aromatic nitrogens is 2. The van der Waals surface area contributed by atoms with Crippen LogP contribution in [0.15, 0.2) is 73.6 Å². The van der Waals surface area contributed by atoms with Gasteiger partial charge in [0.05, 0.1) is 0 Å². The van der Waals surface area contributed by atoms with Gasteiger partial charge in [0.15, 0.2) is 0 Å². The number of hydrogen-bond acceptors (Lipinski definition) is 0. The van der Waals surface area contributed by atoms with Gasteiger partial charge in [0.2, 0.25) is 0 Å². The van der Waals surface area contributed by atoms with Crippen molar-refractivity contribution >= 4 is 27.4 Å². The third-order valence-corrected chi connectivity index (χ3v) is 4.15. The van der Waals surface area contributed by atoms with Gasteiger partial charge in [0, 0.05) is 48.5 Å². The maximum absolute atomic E-state index is 3.98. The van der Waals surface area contributed by atoms with Crippen LogP contribution in [0.2, 0.25) is 0 Å². The Morgan fingerprint density at radius 3 is 1.93 bits per heavy atom. The number of rotatable bonds is 1. The van der Waals surface area contributed by atoms with Crippen molar-refractivity contribution in [2.24, 2.45) is 14.1 Å². The van der Waals surface area contributed by atoms with E-state index in [1.807, 2.05) is 20.8 Å². The van der Waals surface area contributed by atoms with E-state index in [1.165, 1.54) is 33.8 Å². The SMILES string of the molecule is C=C(C)c1cn(C)c2ccccc12.CC.CCC.Cn1ccc2ccccc21. The molecule has 2 aromatic carbocycles.